The first-order valence-electron chi connectivity index (χ1n) is 4.79. The average Bonchev–Trinajstić information content (AvgIpc) is 2.05. The van der Waals surface area contributed by atoms with Crippen molar-refractivity contribution in [3.8, 4) is 0 Å². The van der Waals surface area contributed by atoms with Crippen molar-refractivity contribution in [2.45, 2.75) is 31.9 Å². The van der Waals surface area contributed by atoms with E-state index in [2.05, 4.69) is 18.9 Å². The highest BCUT2D eigenvalue weighted by Gasteiger charge is 2.22. The Morgan fingerprint density at radius 3 is 3.00 bits per heavy atom. The average molecular weight is 172 g/mol. The molecule has 0 amide bonds. The second kappa shape index (κ2) is 4.80. The van der Waals surface area contributed by atoms with Crippen molar-refractivity contribution in [3.05, 3.63) is 0 Å². The van der Waals surface area contributed by atoms with E-state index in [9.17, 15) is 0 Å². The Hall–Kier alpha value is -0.120. The first kappa shape index (κ1) is 9.96. The second-order valence-corrected chi connectivity index (χ2v) is 3.62. The molecule has 1 heterocycles. The standard InChI is InChI=1S/C9H20N2O/c1-3-4-8(10)9-7-11(2)5-6-12-9/h8-9H,3-7,10H2,1-2H3/t8-,9?/m1/s1. The molecule has 3 nitrogen and oxygen atoms in total. The van der Waals surface area contributed by atoms with Gasteiger partial charge in [-0.1, -0.05) is 13.3 Å². The minimum absolute atomic E-state index is 0.220. The summed E-state index contributed by atoms with van der Waals surface area (Å²) in [6, 6.07) is 0.220. The molecule has 72 valence electrons. The fraction of sp³-hybridized carbons (Fsp3) is 1.00. The number of hydrogen-bond acceptors (Lipinski definition) is 3. The van der Waals surface area contributed by atoms with Gasteiger partial charge in [0.25, 0.3) is 0 Å². The van der Waals surface area contributed by atoms with E-state index in [1.54, 1.807) is 0 Å². The molecule has 2 N–H and O–H groups in total. The van der Waals surface area contributed by atoms with Crippen LogP contribution >= 0.6 is 0 Å². The lowest BCUT2D eigenvalue weighted by atomic mass is 10.1. The molecular formula is C9H20N2O. The summed E-state index contributed by atoms with van der Waals surface area (Å²) < 4.78 is 5.60. The van der Waals surface area contributed by atoms with Crippen molar-refractivity contribution in [3.63, 3.8) is 0 Å². The summed E-state index contributed by atoms with van der Waals surface area (Å²) in [7, 11) is 2.12. The smallest absolute Gasteiger partial charge is 0.0853 e. The van der Waals surface area contributed by atoms with Gasteiger partial charge in [0.15, 0.2) is 0 Å². The third-order valence-electron chi connectivity index (χ3n) is 2.40. The van der Waals surface area contributed by atoms with E-state index in [1.807, 2.05) is 0 Å². The molecule has 1 saturated heterocycles. The van der Waals surface area contributed by atoms with Gasteiger partial charge in [0.2, 0.25) is 0 Å². The molecule has 1 rings (SSSR count). The Kier molecular flexibility index (Phi) is 3.98. The van der Waals surface area contributed by atoms with Crippen LogP contribution in [0.4, 0.5) is 0 Å². The zero-order valence-electron chi connectivity index (χ0n) is 8.12. The number of likely N-dealkylation sites (N-methyl/N-ethyl adjacent to an activating group) is 1. The molecule has 0 radical (unpaired) electrons. The minimum Gasteiger partial charge on any atom is -0.374 e. The predicted molar refractivity (Wildman–Crippen MR) is 50.1 cm³/mol. The van der Waals surface area contributed by atoms with Crippen LogP contribution in [0.25, 0.3) is 0 Å². The summed E-state index contributed by atoms with van der Waals surface area (Å²) in [5.41, 5.74) is 5.97. The number of nitrogens with two attached hydrogens (primary N) is 1. The monoisotopic (exact) mass is 172 g/mol. The molecule has 1 fully saturated rings. The number of ether oxygens (including phenoxy) is 1. The Morgan fingerprint density at radius 2 is 2.42 bits per heavy atom. The van der Waals surface area contributed by atoms with E-state index >= 15 is 0 Å². The third-order valence-corrected chi connectivity index (χ3v) is 2.40. The maximum atomic E-state index is 5.97. The maximum absolute atomic E-state index is 5.97. The van der Waals surface area contributed by atoms with Crippen molar-refractivity contribution < 1.29 is 4.74 Å². The Morgan fingerprint density at radius 1 is 1.67 bits per heavy atom. The molecule has 0 aromatic rings. The summed E-state index contributed by atoms with van der Waals surface area (Å²) in [6.07, 6.45) is 2.46. The van der Waals surface area contributed by atoms with Crippen LogP contribution in [-0.4, -0.2) is 43.8 Å². The topological polar surface area (TPSA) is 38.5 Å². The largest absolute Gasteiger partial charge is 0.374 e. The quantitative estimate of drug-likeness (QED) is 0.671. The van der Waals surface area contributed by atoms with E-state index < -0.39 is 0 Å². The van der Waals surface area contributed by atoms with Gasteiger partial charge in [0.05, 0.1) is 12.7 Å². The lowest BCUT2D eigenvalue weighted by molar-refractivity contribution is -0.0333. The van der Waals surface area contributed by atoms with E-state index in [0.717, 1.165) is 32.5 Å². The molecule has 0 aromatic heterocycles. The fourth-order valence-corrected chi connectivity index (χ4v) is 1.59. The Labute approximate surface area is 74.9 Å². The summed E-state index contributed by atoms with van der Waals surface area (Å²) in [5.74, 6) is 0. The van der Waals surface area contributed by atoms with Crippen LogP contribution < -0.4 is 5.73 Å². The van der Waals surface area contributed by atoms with Gasteiger partial charge in [0, 0.05) is 19.1 Å². The number of morpholine rings is 1. The van der Waals surface area contributed by atoms with E-state index in [1.165, 1.54) is 0 Å². The molecule has 0 spiro atoms. The maximum Gasteiger partial charge on any atom is 0.0853 e. The van der Waals surface area contributed by atoms with Crippen LogP contribution in [0.2, 0.25) is 0 Å². The predicted octanol–water partition coefficient (Wildman–Crippen LogP) is 0.444. The summed E-state index contributed by atoms with van der Waals surface area (Å²) >= 11 is 0. The number of rotatable bonds is 3. The molecule has 1 aliphatic rings. The van der Waals surface area contributed by atoms with E-state index in [4.69, 9.17) is 10.5 Å². The normalized spacial score (nSPS) is 28.8. The number of hydrogen-bond donors (Lipinski definition) is 1. The van der Waals surface area contributed by atoms with Crippen molar-refractivity contribution in [1.82, 2.24) is 4.90 Å². The van der Waals surface area contributed by atoms with Gasteiger partial charge in [-0.05, 0) is 13.5 Å². The third kappa shape index (κ3) is 2.73. The first-order chi connectivity index (χ1) is 5.74. The van der Waals surface area contributed by atoms with Gasteiger partial charge in [0.1, 0.15) is 0 Å². The van der Waals surface area contributed by atoms with Crippen LogP contribution in [0.1, 0.15) is 19.8 Å². The molecular weight excluding hydrogens is 152 g/mol. The van der Waals surface area contributed by atoms with Gasteiger partial charge < -0.3 is 15.4 Å². The summed E-state index contributed by atoms with van der Waals surface area (Å²) in [4.78, 5) is 2.28. The van der Waals surface area contributed by atoms with Crippen LogP contribution in [0.5, 0.6) is 0 Å². The molecule has 0 aliphatic carbocycles. The lowest BCUT2D eigenvalue weighted by Crippen LogP contribution is -2.49. The van der Waals surface area contributed by atoms with Gasteiger partial charge in [-0.2, -0.15) is 0 Å². The molecule has 3 heteroatoms. The van der Waals surface area contributed by atoms with Crippen molar-refractivity contribution in [1.29, 1.82) is 0 Å². The summed E-state index contributed by atoms with van der Waals surface area (Å²) in [6.45, 7) is 5.02. The molecule has 0 bridgehead atoms. The lowest BCUT2D eigenvalue weighted by Gasteiger charge is -2.33. The molecule has 1 unspecified atom stereocenters. The molecule has 2 atom stereocenters. The van der Waals surface area contributed by atoms with Gasteiger partial charge in [-0.15, -0.1) is 0 Å². The van der Waals surface area contributed by atoms with Crippen molar-refractivity contribution in [2.75, 3.05) is 26.7 Å². The van der Waals surface area contributed by atoms with Crippen LogP contribution in [0.3, 0.4) is 0 Å². The fourth-order valence-electron chi connectivity index (χ4n) is 1.59. The number of nitrogens with zero attached hydrogens (tertiary/aromatic N) is 1. The van der Waals surface area contributed by atoms with Crippen molar-refractivity contribution >= 4 is 0 Å². The molecule has 12 heavy (non-hydrogen) atoms. The highest BCUT2D eigenvalue weighted by molar-refractivity contribution is 4.78. The van der Waals surface area contributed by atoms with Gasteiger partial charge >= 0.3 is 0 Å². The Bertz CT molecular complexity index is 130. The molecule has 1 aliphatic heterocycles. The molecule has 0 saturated carbocycles. The Balaban J connectivity index is 2.29. The van der Waals surface area contributed by atoms with Crippen LogP contribution in [0, 0.1) is 0 Å². The zero-order chi connectivity index (χ0) is 8.97. The highest BCUT2D eigenvalue weighted by atomic mass is 16.5. The van der Waals surface area contributed by atoms with Crippen LogP contribution in [0.15, 0.2) is 0 Å². The van der Waals surface area contributed by atoms with E-state index in [0.29, 0.717) is 0 Å². The van der Waals surface area contributed by atoms with Crippen LogP contribution in [-0.2, 0) is 4.74 Å². The summed E-state index contributed by atoms with van der Waals surface area (Å²) in [5, 5.41) is 0. The SMILES string of the molecule is CCC[C@@H](N)C1CN(C)CCO1. The molecule has 0 aromatic carbocycles. The zero-order valence-corrected chi connectivity index (χ0v) is 8.12. The van der Waals surface area contributed by atoms with E-state index in [-0.39, 0.29) is 12.1 Å². The van der Waals surface area contributed by atoms with Gasteiger partial charge in [-0.25, -0.2) is 0 Å². The van der Waals surface area contributed by atoms with Gasteiger partial charge in [-0.3, -0.25) is 0 Å². The first-order valence-corrected chi connectivity index (χ1v) is 4.79. The minimum atomic E-state index is 0.220. The highest BCUT2D eigenvalue weighted by Crippen LogP contribution is 2.09. The van der Waals surface area contributed by atoms with Crippen molar-refractivity contribution in [2.24, 2.45) is 5.73 Å². The second-order valence-electron chi connectivity index (χ2n) is 3.62.